The summed E-state index contributed by atoms with van der Waals surface area (Å²) in [6.07, 6.45) is 3.46. The Morgan fingerprint density at radius 2 is 1.96 bits per heavy atom. The Balaban J connectivity index is 1.42. The van der Waals surface area contributed by atoms with E-state index in [2.05, 4.69) is 16.7 Å². The van der Waals surface area contributed by atoms with E-state index in [1.54, 1.807) is 7.11 Å². The van der Waals surface area contributed by atoms with Crippen LogP contribution in [0.2, 0.25) is 0 Å². The van der Waals surface area contributed by atoms with Gasteiger partial charge in [0.15, 0.2) is 5.11 Å². The molecule has 1 heterocycles. The fourth-order valence-electron chi connectivity index (χ4n) is 3.21. The number of thiocarbonyl (C=S) groups is 1. The van der Waals surface area contributed by atoms with Gasteiger partial charge in [-0.3, -0.25) is 4.79 Å². The molecule has 27 heavy (non-hydrogen) atoms. The molecule has 2 aromatic rings. The fraction of sp³-hybridized carbons (Fsp3) is 0.333. The highest BCUT2D eigenvalue weighted by atomic mass is 32.1. The van der Waals surface area contributed by atoms with E-state index in [0.717, 1.165) is 49.5 Å². The minimum absolute atomic E-state index is 0.197. The summed E-state index contributed by atoms with van der Waals surface area (Å²) in [7, 11) is 1.70. The number of benzene rings is 2. The van der Waals surface area contributed by atoms with Gasteiger partial charge in [-0.1, -0.05) is 18.2 Å². The van der Waals surface area contributed by atoms with Crippen molar-refractivity contribution >= 4 is 34.6 Å². The number of ether oxygens (including phenoxy) is 1. The van der Waals surface area contributed by atoms with Crippen LogP contribution in [0.5, 0.6) is 5.75 Å². The largest absolute Gasteiger partial charge is 0.496 e. The third-order valence-corrected chi connectivity index (χ3v) is 4.86. The summed E-state index contributed by atoms with van der Waals surface area (Å²) >= 11 is 5.36. The second-order valence-electron chi connectivity index (χ2n) is 6.49. The van der Waals surface area contributed by atoms with Gasteiger partial charge in [-0.25, -0.2) is 0 Å². The van der Waals surface area contributed by atoms with Gasteiger partial charge < -0.3 is 20.3 Å². The third kappa shape index (κ3) is 5.20. The van der Waals surface area contributed by atoms with Crippen LogP contribution < -0.4 is 20.3 Å². The van der Waals surface area contributed by atoms with Gasteiger partial charge in [0.1, 0.15) is 5.75 Å². The van der Waals surface area contributed by atoms with E-state index in [-0.39, 0.29) is 5.91 Å². The Hall–Kier alpha value is -2.60. The molecule has 1 aliphatic heterocycles. The molecule has 1 fully saturated rings. The van der Waals surface area contributed by atoms with Crippen molar-refractivity contribution in [2.45, 2.75) is 25.7 Å². The van der Waals surface area contributed by atoms with Crippen molar-refractivity contribution in [1.29, 1.82) is 0 Å². The second kappa shape index (κ2) is 9.37. The van der Waals surface area contributed by atoms with Crippen LogP contribution in [0.1, 0.15) is 24.8 Å². The Labute approximate surface area is 165 Å². The van der Waals surface area contributed by atoms with Crippen molar-refractivity contribution in [3.05, 3.63) is 54.1 Å². The van der Waals surface area contributed by atoms with Crippen molar-refractivity contribution in [2.75, 3.05) is 30.4 Å². The lowest BCUT2D eigenvalue weighted by Crippen LogP contribution is -2.29. The standard InChI is InChI=1S/C21H25N3O2S/c1-26-19-8-3-2-6-16(19)7-4-14-22-21(27)23-17-10-12-18(13-11-17)24-15-5-9-20(24)25/h2-3,6,8,10-13H,4-5,7,9,14-15H2,1H3,(H2,22,23,27). The molecule has 0 saturated carbocycles. The Kier molecular flexibility index (Phi) is 6.65. The van der Waals surface area contributed by atoms with E-state index in [1.807, 2.05) is 47.4 Å². The van der Waals surface area contributed by atoms with Crippen LogP contribution in [0.15, 0.2) is 48.5 Å². The lowest BCUT2D eigenvalue weighted by molar-refractivity contribution is -0.117. The van der Waals surface area contributed by atoms with Crippen LogP contribution in [-0.2, 0) is 11.2 Å². The van der Waals surface area contributed by atoms with Crippen molar-refractivity contribution in [2.24, 2.45) is 0 Å². The summed E-state index contributed by atoms with van der Waals surface area (Å²) in [5.74, 6) is 1.12. The predicted molar refractivity (Wildman–Crippen MR) is 114 cm³/mol. The number of aryl methyl sites for hydroxylation is 1. The second-order valence-corrected chi connectivity index (χ2v) is 6.90. The smallest absolute Gasteiger partial charge is 0.227 e. The van der Waals surface area contributed by atoms with E-state index < -0.39 is 0 Å². The van der Waals surface area contributed by atoms with Gasteiger partial charge in [-0.15, -0.1) is 0 Å². The molecule has 5 nitrogen and oxygen atoms in total. The Morgan fingerprint density at radius 1 is 1.19 bits per heavy atom. The van der Waals surface area contributed by atoms with Gasteiger partial charge in [0.25, 0.3) is 0 Å². The van der Waals surface area contributed by atoms with Gasteiger partial charge in [-0.2, -0.15) is 0 Å². The molecule has 0 spiro atoms. The molecule has 3 rings (SSSR count). The zero-order valence-corrected chi connectivity index (χ0v) is 16.3. The first-order valence-corrected chi connectivity index (χ1v) is 9.65. The average Bonchev–Trinajstić information content (AvgIpc) is 3.12. The first-order chi connectivity index (χ1) is 13.2. The first-order valence-electron chi connectivity index (χ1n) is 9.24. The summed E-state index contributed by atoms with van der Waals surface area (Å²) in [4.78, 5) is 13.6. The Bertz CT molecular complexity index is 792. The number of para-hydroxylation sites is 1. The summed E-state index contributed by atoms with van der Waals surface area (Å²) in [6, 6.07) is 15.9. The van der Waals surface area contributed by atoms with Crippen LogP contribution in [0.25, 0.3) is 0 Å². The molecule has 0 unspecified atom stereocenters. The van der Waals surface area contributed by atoms with Crippen molar-refractivity contribution in [3.8, 4) is 5.75 Å². The number of amides is 1. The molecule has 0 bridgehead atoms. The lowest BCUT2D eigenvalue weighted by atomic mass is 10.1. The maximum Gasteiger partial charge on any atom is 0.227 e. The molecule has 2 aromatic carbocycles. The minimum Gasteiger partial charge on any atom is -0.496 e. The summed E-state index contributed by atoms with van der Waals surface area (Å²) in [5.41, 5.74) is 3.05. The highest BCUT2D eigenvalue weighted by Crippen LogP contribution is 2.23. The van der Waals surface area contributed by atoms with Gasteiger partial charge in [0.05, 0.1) is 7.11 Å². The van der Waals surface area contributed by atoms with E-state index in [1.165, 1.54) is 5.56 Å². The van der Waals surface area contributed by atoms with Gasteiger partial charge in [-0.05, 0) is 67.4 Å². The lowest BCUT2D eigenvalue weighted by Gasteiger charge is -2.16. The summed E-state index contributed by atoms with van der Waals surface area (Å²) in [6.45, 7) is 1.59. The highest BCUT2D eigenvalue weighted by Gasteiger charge is 2.21. The molecule has 0 atom stereocenters. The van der Waals surface area contributed by atoms with Gasteiger partial charge >= 0.3 is 0 Å². The number of nitrogens with one attached hydrogen (secondary N) is 2. The normalized spacial score (nSPS) is 13.5. The average molecular weight is 384 g/mol. The number of carbonyl (C=O) groups excluding carboxylic acids is 1. The molecular weight excluding hydrogens is 358 g/mol. The van der Waals surface area contributed by atoms with Crippen LogP contribution >= 0.6 is 12.2 Å². The molecule has 6 heteroatoms. The zero-order valence-electron chi connectivity index (χ0n) is 15.5. The molecule has 1 aliphatic rings. The highest BCUT2D eigenvalue weighted by molar-refractivity contribution is 7.80. The quantitative estimate of drug-likeness (QED) is 0.563. The number of nitrogens with zero attached hydrogens (tertiary/aromatic N) is 1. The SMILES string of the molecule is COc1ccccc1CCCNC(=S)Nc1ccc(N2CCCC2=O)cc1. The zero-order chi connectivity index (χ0) is 19.1. The van der Waals surface area contributed by atoms with Crippen LogP contribution in [0, 0.1) is 0 Å². The molecule has 1 saturated heterocycles. The molecule has 142 valence electrons. The van der Waals surface area contributed by atoms with E-state index in [9.17, 15) is 4.79 Å². The third-order valence-electron chi connectivity index (χ3n) is 4.61. The molecule has 2 N–H and O–H groups in total. The van der Waals surface area contributed by atoms with Gasteiger partial charge in [0, 0.05) is 30.9 Å². The number of hydrogen-bond acceptors (Lipinski definition) is 3. The number of rotatable bonds is 7. The topological polar surface area (TPSA) is 53.6 Å². The first kappa shape index (κ1) is 19.2. The van der Waals surface area contributed by atoms with Crippen molar-refractivity contribution in [1.82, 2.24) is 5.32 Å². The van der Waals surface area contributed by atoms with E-state index in [4.69, 9.17) is 17.0 Å². The molecule has 0 aromatic heterocycles. The maximum absolute atomic E-state index is 11.8. The predicted octanol–water partition coefficient (Wildman–Crippen LogP) is 3.74. The summed E-state index contributed by atoms with van der Waals surface area (Å²) < 4.78 is 5.37. The van der Waals surface area contributed by atoms with E-state index in [0.29, 0.717) is 11.5 Å². The van der Waals surface area contributed by atoms with Crippen LogP contribution in [0.4, 0.5) is 11.4 Å². The summed E-state index contributed by atoms with van der Waals surface area (Å²) in [5, 5.41) is 7.01. The van der Waals surface area contributed by atoms with Crippen molar-refractivity contribution in [3.63, 3.8) is 0 Å². The Morgan fingerprint density at radius 3 is 2.67 bits per heavy atom. The van der Waals surface area contributed by atoms with Crippen LogP contribution in [0.3, 0.4) is 0 Å². The number of anilines is 2. The minimum atomic E-state index is 0.197. The number of carbonyl (C=O) groups is 1. The number of hydrogen-bond donors (Lipinski definition) is 2. The molecular formula is C21H25N3O2S. The monoisotopic (exact) mass is 383 g/mol. The van der Waals surface area contributed by atoms with Crippen molar-refractivity contribution < 1.29 is 9.53 Å². The van der Waals surface area contributed by atoms with E-state index >= 15 is 0 Å². The molecule has 0 aliphatic carbocycles. The maximum atomic E-state index is 11.8. The molecule has 1 amide bonds. The molecule has 0 radical (unpaired) electrons. The van der Waals surface area contributed by atoms with Gasteiger partial charge in [0.2, 0.25) is 5.91 Å². The fourth-order valence-corrected chi connectivity index (χ4v) is 3.43. The van der Waals surface area contributed by atoms with Crippen LogP contribution in [-0.4, -0.2) is 31.2 Å². The number of methoxy groups -OCH3 is 1.